The van der Waals surface area contributed by atoms with Crippen LogP contribution >= 0.6 is 23.1 Å². The number of para-hydroxylation sites is 1. The SMILES string of the molecule is C=CCNC(=O)CSc1nc2sc(C)c(-c3ccc(F)cc3)c2c(=O)n1-c1ccccc1. The molecule has 0 saturated carbocycles. The second-order valence-electron chi connectivity index (χ2n) is 6.97. The summed E-state index contributed by atoms with van der Waals surface area (Å²) in [5, 5.41) is 3.66. The van der Waals surface area contributed by atoms with Gasteiger partial charge in [0.1, 0.15) is 10.6 Å². The van der Waals surface area contributed by atoms with Crippen LogP contribution in [-0.2, 0) is 4.79 Å². The number of carbonyl (C=O) groups excluding carboxylic acids is 1. The number of halogens is 1. The molecule has 0 unspecified atom stereocenters. The maximum absolute atomic E-state index is 13.8. The molecule has 5 nitrogen and oxygen atoms in total. The minimum absolute atomic E-state index is 0.119. The highest BCUT2D eigenvalue weighted by Crippen LogP contribution is 2.37. The molecule has 0 saturated heterocycles. The Bertz CT molecular complexity index is 1350. The molecular formula is C24H20FN3O2S2. The molecule has 2 aromatic carbocycles. The smallest absolute Gasteiger partial charge is 0.268 e. The van der Waals surface area contributed by atoms with Gasteiger partial charge in [-0.05, 0) is 36.8 Å². The molecule has 8 heteroatoms. The summed E-state index contributed by atoms with van der Waals surface area (Å²) in [7, 11) is 0. The van der Waals surface area contributed by atoms with Crippen LogP contribution in [0.3, 0.4) is 0 Å². The molecule has 32 heavy (non-hydrogen) atoms. The van der Waals surface area contributed by atoms with Gasteiger partial charge in [0.05, 0.1) is 16.8 Å². The lowest BCUT2D eigenvalue weighted by Gasteiger charge is -2.12. The zero-order valence-corrected chi connectivity index (χ0v) is 18.9. The Morgan fingerprint density at radius 2 is 1.94 bits per heavy atom. The van der Waals surface area contributed by atoms with E-state index in [0.29, 0.717) is 27.6 Å². The summed E-state index contributed by atoms with van der Waals surface area (Å²) in [5.41, 5.74) is 1.96. The fourth-order valence-electron chi connectivity index (χ4n) is 3.38. The number of benzene rings is 2. The molecule has 2 heterocycles. The van der Waals surface area contributed by atoms with E-state index in [1.54, 1.807) is 18.2 Å². The van der Waals surface area contributed by atoms with Crippen molar-refractivity contribution in [1.29, 1.82) is 0 Å². The van der Waals surface area contributed by atoms with Crippen molar-refractivity contribution in [2.45, 2.75) is 12.1 Å². The van der Waals surface area contributed by atoms with Crippen LogP contribution in [0.15, 0.2) is 77.2 Å². The first-order valence-electron chi connectivity index (χ1n) is 9.87. The first-order valence-corrected chi connectivity index (χ1v) is 11.7. The standard InChI is InChI=1S/C24H20FN3O2S2/c1-3-13-26-19(29)14-31-24-27-22-21(23(30)28(24)18-7-5-4-6-8-18)20(15(2)32-22)16-9-11-17(25)12-10-16/h3-12H,1,13-14H2,2H3,(H,26,29). The van der Waals surface area contributed by atoms with Crippen molar-refractivity contribution in [3.63, 3.8) is 0 Å². The predicted octanol–water partition coefficient (Wildman–Crippen LogP) is 4.96. The van der Waals surface area contributed by atoms with E-state index in [1.165, 1.54) is 39.8 Å². The summed E-state index contributed by atoms with van der Waals surface area (Å²) in [6, 6.07) is 15.3. The Morgan fingerprint density at radius 1 is 1.22 bits per heavy atom. The molecule has 1 amide bonds. The third-order valence-corrected chi connectivity index (χ3v) is 6.73. The third-order valence-electron chi connectivity index (χ3n) is 4.79. The van der Waals surface area contributed by atoms with E-state index in [9.17, 15) is 14.0 Å². The average molecular weight is 466 g/mol. The van der Waals surface area contributed by atoms with Gasteiger partial charge in [-0.25, -0.2) is 9.37 Å². The van der Waals surface area contributed by atoms with Crippen molar-refractivity contribution in [3.05, 3.63) is 88.3 Å². The number of thioether (sulfide) groups is 1. The normalized spacial score (nSPS) is 10.9. The summed E-state index contributed by atoms with van der Waals surface area (Å²) in [5.74, 6) is -0.384. The summed E-state index contributed by atoms with van der Waals surface area (Å²) in [4.78, 5) is 32.2. The number of aromatic nitrogens is 2. The molecule has 0 aliphatic rings. The molecule has 4 rings (SSSR count). The average Bonchev–Trinajstić information content (AvgIpc) is 3.13. The van der Waals surface area contributed by atoms with Gasteiger partial charge < -0.3 is 5.32 Å². The first kappa shape index (κ1) is 22.0. The highest BCUT2D eigenvalue weighted by Gasteiger charge is 2.21. The number of nitrogens with one attached hydrogen (secondary N) is 1. The molecule has 0 spiro atoms. The van der Waals surface area contributed by atoms with Crippen molar-refractivity contribution < 1.29 is 9.18 Å². The Morgan fingerprint density at radius 3 is 2.62 bits per heavy atom. The lowest BCUT2D eigenvalue weighted by molar-refractivity contribution is -0.118. The van der Waals surface area contributed by atoms with E-state index < -0.39 is 0 Å². The van der Waals surface area contributed by atoms with E-state index >= 15 is 0 Å². The number of amides is 1. The van der Waals surface area contributed by atoms with Crippen LogP contribution in [0.2, 0.25) is 0 Å². The number of thiophene rings is 1. The number of hydrogen-bond acceptors (Lipinski definition) is 5. The number of rotatable bonds is 7. The van der Waals surface area contributed by atoms with E-state index in [2.05, 4.69) is 11.9 Å². The highest BCUT2D eigenvalue weighted by molar-refractivity contribution is 7.99. The van der Waals surface area contributed by atoms with Crippen molar-refractivity contribution >= 4 is 39.2 Å². The molecule has 162 valence electrons. The number of carbonyl (C=O) groups is 1. The molecule has 0 aliphatic carbocycles. The maximum atomic E-state index is 13.8. The minimum atomic E-state index is -0.334. The Labute approximate surface area is 192 Å². The molecule has 2 aromatic heterocycles. The Kier molecular flexibility index (Phi) is 6.53. The van der Waals surface area contributed by atoms with E-state index in [0.717, 1.165) is 16.0 Å². The van der Waals surface area contributed by atoms with Gasteiger partial charge in [0, 0.05) is 17.0 Å². The van der Waals surface area contributed by atoms with Gasteiger partial charge >= 0.3 is 0 Å². The van der Waals surface area contributed by atoms with Crippen LogP contribution in [0.25, 0.3) is 27.0 Å². The summed E-state index contributed by atoms with van der Waals surface area (Å²) < 4.78 is 15.0. The van der Waals surface area contributed by atoms with E-state index in [-0.39, 0.29) is 23.0 Å². The zero-order valence-electron chi connectivity index (χ0n) is 17.3. The molecule has 4 aromatic rings. The van der Waals surface area contributed by atoms with Crippen molar-refractivity contribution in [3.8, 4) is 16.8 Å². The van der Waals surface area contributed by atoms with Crippen molar-refractivity contribution in [2.24, 2.45) is 0 Å². The van der Waals surface area contributed by atoms with Crippen LogP contribution in [-0.4, -0.2) is 27.8 Å². The number of hydrogen-bond donors (Lipinski definition) is 1. The second-order valence-corrected chi connectivity index (χ2v) is 9.12. The van der Waals surface area contributed by atoms with Crippen LogP contribution in [0.5, 0.6) is 0 Å². The summed E-state index contributed by atoms with van der Waals surface area (Å²) in [6.07, 6.45) is 1.61. The largest absolute Gasteiger partial charge is 0.352 e. The van der Waals surface area contributed by atoms with Crippen LogP contribution in [0.1, 0.15) is 4.88 Å². The van der Waals surface area contributed by atoms with Gasteiger partial charge in [-0.15, -0.1) is 17.9 Å². The van der Waals surface area contributed by atoms with Crippen LogP contribution < -0.4 is 10.9 Å². The van der Waals surface area contributed by atoms with Crippen LogP contribution in [0.4, 0.5) is 4.39 Å². The molecule has 0 radical (unpaired) electrons. The van der Waals surface area contributed by atoms with Crippen LogP contribution in [0, 0.1) is 12.7 Å². The topological polar surface area (TPSA) is 64.0 Å². The minimum Gasteiger partial charge on any atom is -0.352 e. The molecule has 0 atom stereocenters. The molecule has 1 N–H and O–H groups in total. The van der Waals surface area contributed by atoms with Gasteiger partial charge in [0.2, 0.25) is 5.91 Å². The van der Waals surface area contributed by atoms with E-state index in [4.69, 9.17) is 4.98 Å². The first-order chi connectivity index (χ1) is 15.5. The van der Waals surface area contributed by atoms with Gasteiger partial charge in [0.25, 0.3) is 5.56 Å². The van der Waals surface area contributed by atoms with Crippen molar-refractivity contribution in [1.82, 2.24) is 14.9 Å². The molecular weight excluding hydrogens is 445 g/mol. The number of aryl methyl sites for hydroxylation is 1. The lowest BCUT2D eigenvalue weighted by Crippen LogP contribution is -2.26. The zero-order chi connectivity index (χ0) is 22.7. The second kappa shape index (κ2) is 9.50. The fourth-order valence-corrected chi connectivity index (χ4v) is 5.30. The van der Waals surface area contributed by atoms with Gasteiger partial charge in [-0.3, -0.25) is 14.2 Å². The van der Waals surface area contributed by atoms with E-state index in [1.807, 2.05) is 37.3 Å². The molecule has 0 aliphatic heterocycles. The number of nitrogens with zero attached hydrogens (tertiary/aromatic N) is 2. The molecule has 0 fully saturated rings. The molecule has 0 bridgehead atoms. The third kappa shape index (κ3) is 4.37. The van der Waals surface area contributed by atoms with Gasteiger partial charge in [-0.2, -0.15) is 0 Å². The summed E-state index contributed by atoms with van der Waals surface area (Å²) >= 11 is 2.62. The van der Waals surface area contributed by atoms with Gasteiger partial charge in [-0.1, -0.05) is 48.2 Å². The Balaban J connectivity index is 1.89. The van der Waals surface area contributed by atoms with Gasteiger partial charge in [0.15, 0.2) is 5.16 Å². The predicted molar refractivity (Wildman–Crippen MR) is 129 cm³/mol. The lowest BCUT2D eigenvalue weighted by atomic mass is 10.0. The maximum Gasteiger partial charge on any atom is 0.268 e. The Hall–Kier alpha value is -3.23. The summed E-state index contributed by atoms with van der Waals surface area (Å²) in [6.45, 7) is 5.89. The monoisotopic (exact) mass is 465 g/mol. The van der Waals surface area contributed by atoms with Crippen molar-refractivity contribution in [2.75, 3.05) is 12.3 Å². The quantitative estimate of drug-likeness (QED) is 0.238. The number of fused-ring (bicyclic) bond motifs is 1. The fraction of sp³-hybridized carbons (Fsp3) is 0.125. The highest BCUT2D eigenvalue weighted by atomic mass is 32.2.